The third kappa shape index (κ3) is 4.04. The summed E-state index contributed by atoms with van der Waals surface area (Å²) in [6.07, 6.45) is 3.00. The number of benzene rings is 2. The van der Waals surface area contributed by atoms with Crippen LogP contribution >= 0.6 is 0 Å². The molecule has 32 heavy (non-hydrogen) atoms. The molecule has 2 aromatic carbocycles. The average molecular weight is 432 g/mol. The molecule has 4 aromatic rings. The number of rotatable bonds is 6. The Morgan fingerprint density at radius 3 is 2.84 bits per heavy atom. The lowest BCUT2D eigenvalue weighted by atomic mass is 10.0. The van der Waals surface area contributed by atoms with Crippen LogP contribution in [0.5, 0.6) is 11.5 Å². The van der Waals surface area contributed by atoms with E-state index in [1.165, 1.54) is 6.07 Å². The van der Waals surface area contributed by atoms with Gasteiger partial charge < -0.3 is 19.2 Å². The molecule has 1 amide bonds. The highest BCUT2D eigenvalue weighted by Gasteiger charge is 2.15. The maximum atomic E-state index is 11.9. The summed E-state index contributed by atoms with van der Waals surface area (Å²) in [7, 11) is 1.58. The molecule has 0 unspecified atom stereocenters. The van der Waals surface area contributed by atoms with Crippen LogP contribution in [0, 0.1) is 0 Å². The van der Waals surface area contributed by atoms with E-state index in [0.29, 0.717) is 35.7 Å². The lowest BCUT2D eigenvalue weighted by Gasteiger charge is -2.17. The molecule has 0 fully saturated rings. The maximum Gasteiger partial charge on any atom is 0.336 e. The number of aryl methyl sites for hydroxylation is 1. The zero-order valence-electron chi connectivity index (χ0n) is 17.3. The second-order valence-electron chi connectivity index (χ2n) is 7.52. The fourth-order valence-corrected chi connectivity index (χ4v) is 3.72. The molecule has 2 aromatic heterocycles. The number of ether oxygens (including phenoxy) is 2. The highest BCUT2D eigenvalue weighted by atomic mass is 16.5. The third-order valence-electron chi connectivity index (χ3n) is 5.32. The van der Waals surface area contributed by atoms with E-state index in [9.17, 15) is 9.59 Å². The van der Waals surface area contributed by atoms with Crippen molar-refractivity contribution in [2.75, 3.05) is 12.4 Å². The molecule has 162 valence electrons. The molecule has 0 bridgehead atoms. The first-order valence-electron chi connectivity index (χ1n) is 10.1. The number of methoxy groups -OCH3 is 1. The Morgan fingerprint density at radius 1 is 1.09 bits per heavy atom. The van der Waals surface area contributed by atoms with Crippen molar-refractivity contribution < 1.29 is 18.7 Å². The Balaban J connectivity index is 1.31. The summed E-state index contributed by atoms with van der Waals surface area (Å²) in [5, 5.41) is 11.9. The predicted molar refractivity (Wildman–Crippen MR) is 116 cm³/mol. The largest absolute Gasteiger partial charge is 0.497 e. The van der Waals surface area contributed by atoms with Gasteiger partial charge in [0.05, 0.1) is 19.9 Å². The van der Waals surface area contributed by atoms with E-state index in [1.807, 2.05) is 24.3 Å². The van der Waals surface area contributed by atoms with Crippen LogP contribution in [0.4, 0.5) is 5.69 Å². The van der Waals surface area contributed by atoms with E-state index in [4.69, 9.17) is 13.9 Å². The summed E-state index contributed by atoms with van der Waals surface area (Å²) in [6.45, 7) is 0.561. The molecule has 0 atom stereocenters. The number of carbonyl (C=O) groups is 1. The Hall–Kier alpha value is -4.14. The highest BCUT2D eigenvalue weighted by Crippen LogP contribution is 2.27. The van der Waals surface area contributed by atoms with Crippen LogP contribution in [0.25, 0.3) is 11.0 Å². The monoisotopic (exact) mass is 432 g/mol. The fourth-order valence-electron chi connectivity index (χ4n) is 3.72. The van der Waals surface area contributed by atoms with E-state index in [1.54, 1.807) is 30.1 Å². The number of anilines is 1. The zero-order chi connectivity index (χ0) is 22.1. The number of nitrogens with one attached hydrogen (secondary N) is 1. The van der Waals surface area contributed by atoms with Crippen molar-refractivity contribution in [1.82, 2.24) is 15.0 Å². The number of amides is 1. The molecular formula is C23H20N4O5. The number of nitrogens with zero attached hydrogens (tertiary/aromatic N) is 3. The van der Waals surface area contributed by atoms with Gasteiger partial charge in [-0.05, 0) is 41.8 Å². The summed E-state index contributed by atoms with van der Waals surface area (Å²) < 4.78 is 18.0. The first-order chi connectivity index (χ1) is 15.6. The van der Waals surface area contributed by atoms with Crippen molar-refractivity contribution in [2.45, 2.75) is 26.0 Å². The normalized spacial score (nSPS) is 13.0. The first kappa shape index (κ1) is 19.8. The Morgan fingerprint density at radius 2 is 1.97 bits per heavy atom. The van der Waals surface area contributed by atoms with Crippen LogP contribution in [-0.2, 0) is 24.4 Å². The second-order valence-corrected chi connectivity index (χ2v) is 7.52. The van der Waals surface area contributed by atoms with E-state index in [2.05, 4.69) is 15.6 Å². The molecule has 1 aliphatic rings. The van der Waals surface area contributed by atoms with Crippen LogP contribution in [-0.4, -0.2) is 28.0 Å². The number of fused-ring (bicyclic) bond motifs is 2. The molecule has 9 nitrogen and oxygen atoms in total. The summed E-state index contributed by atoms with van der Waals surface area (Å²) in [4.78, 5) is 23.5. The summed E-state index contributed by atoms with van der Waals surface area (Å²) in [6, 6.07) is 12.4. The van der Waals surface area contributed by atoms with Crippen LogP contribution in [0.2, 0.25) is 0 Å². The lowest BCUT2D eigenvalue weighted by Crippen LogP contribution is -2.18. The quantitative estimate of drug-likeness (QED) is 0.467. The van der Waals surface area contributed by atoms with Crippen molar-refractivity contribution in [3.8, 4) is 11.5 Å². The SMILES string of the molecule is COc1ccc2oc(=O)cc(Cn3cc(COc4ccc5c(c4)NC(=O)CC5)nn3)c2c1. The topological polar surface area (TPSA) is 108 Å². The molecule has 1 aliphatic heterocycles. The van der Waals surface area contributed by atoms with E-state index in [0.717, 1.165) is 28.6 Å². The Bertz CT molecular complexity index is 1370. The molecular weight excluding hydrogens is 412 g/mol. The molecule has 0 spiro atoms. The predicted octanol–water partition coefficient (Wildman–Crippen LogP) is 2.91. The second kappa shape index (κ2) is 8.18. The fraction of sp³-hybridized carbons (Fsp3) is 0.217. The number of hydrogen-bond donors (Lipinski definition) is 1. The number of hydrogen-bond acceptors (Lipinski definition) is 7. The molecule has 3 heterocycles. The van der Waals surface area contributed by atoms with Gasteiger partial charge in [0.25, 0.3) is 0 Å². The zero-order valence-corrected chi connectivity index (χ0v) is 17.3. The molecule has 0 radical (unpaired) electrons. The van der Waals surface area contributed by atoms with Crippen LogP contribution < -0.4 is 20.4 Å². The molecule has 1 N–H and O–H groups in total. The molecule has 0 saturated carbocycles. The van der Waals surface area contributed by atoms with E-state index in [-0.39, 0.29) is 12.5 Å². The van der Waals surface area contributed by atoms with Gasteiger partial charge in [-0.15, -0.1) is 5.10 Å². The molecule has 0 aliphatic carbocycles. The van der Waals surface area contributed by atoms with Gasteiger partial charge in [0.2, 0.25) is 5.91 Å². The summed E-state index contributed by atoms with van der Waals surface area (Å²) in [5.41, 5.74) is 3.32. The average Bonchev–Trinajstić information content (AvgIpc) is 3.24. The van der Waals surface area contributed by atoms with Gasteiger partial charge in [0.15, 0.2) is 0 Å². The minimum atomic E-state index is -0.430. The standard InChI is InChI=1S/C23H20N4O5/c1-30-17-5-6-21-19(9-17)15(8-23(29)32-21)11-27-12-16(25-26-27)13-31-18-4-2-14-3-7-22(28)24-20(14)10-18/h2,4-6,8-10,12H,3,7,11,13H2,1H3,(H,24,28). The third-order valence-corrected chi connectivity index (χ3v) is 5.32. The minimum absolute atomic E-state index is 0.0117. The maximum absolute atomic E-state index is 11.9. The van der Waals surface area contributed by atoms with Crippen molar-refractivity contribution in [2.24, 2.45) is 0 Å². The van der Waals surface area contributed by atoms with Crippen molar-refractivity contribution >= 4 is 22.6 Å². The molecule has 5 rings (SSSR count). The molecule has 0 saturated heterocycles. The number of carbonyl (C=O) groups excluding carboxylic acids is 1. The summed E-state index contributed by atoms with van der Waals surface area (Å²) >= 11 is 0. The summed E-state index contributed by atoms with van der Waals surface area (Å²) in [5.74, 6) is 1.32. The lowest BCUT2D eigenvalue weighted by molar-refractivity contribution is -0.116. The smallest absolute Gasteiger partial charge is 0.336 e. The number of aromatic nitrogens is 3. The first-order valence-corrected chi connectivity index (χ1v) is 10.1. The van der Waals surface area contributed by atoms with Crippen molar-refractivity contribution in [3.05, 3.63) is 75.9 Å². The van der Waals surface area contributed by atoms with Gasteiger partial charge in [-0.25, -0.2) is 9.48 Å². The van der Waals surface area contributed by atoms with Gasteiger partial charge in [0, 0.05) is 29.6 Å². The van der Waals surface area contributed by atoms with Gasteiger partial charge in [-0.2, -0.15) is 0 Å². The van der Waals surface area contributed by atoms with Crippen molar-refractivity contribution in [3.63, 3.8) is 0 Å². The van der Waals surface area contributed by atoms with Gasteiger partial charge in [-0.1, -0.05) is 11.3 Å². The van der Waals surface area contributed by atoms with Gasteiger partial charge in [0.1, 0.15) is 29.4 Å². The van der Waals surface area contributed by atoms with Crippen molar-refractivity contribution in [1.29, 1.82) is 0 Å². The highest BCUT2D eigenvalue weighted by molar-refractivity contribution is 5.94. The van der Waals surface area contributed by atoms with Gasteiger partial charge in [-0.3, -0.25) is 4.79 Å². The Kier molecular flexibility index (Phi) is 5.06. The minimum Gasteiger partial charge on any atom is -0.497 e. The van der Waals surface area contributed by atoms with Gasteiger partial charge >= 0.3 is 5.63 Å². The van der Waals surface area contributed by atoms with Crippen LogP contribution in [0.3, 0.4) is 0 Å². The van der Waals surface area contributed by atoms with Crippen LogP contribution in [0.1, 0.15) is 23.2 Å². The molecule has 9 heteroatoms. The van der Waals surface area contributed by atoms with E-state index >= 15 is 0 Å². The van der Waals surface area contributed by atoms with E-state index < -0.39 is 5.63 Å². The van der Waals surface area contributed by atoms with Crippen LogP contribution in [0.15, 0.2) is 57.9 Å². The Labute approximate surface area is 182 Å².